The van der Waals surface area contributed by atoms with Crippen LogP contribution in [0.15, 0.2) is 30.3 Å². The highest BCUT2D eigenvalue weighted by Crippen LogP contribution is 2.04. The molecule has 0 radical (unpaired) electrons. The number of nitrogens with one attached hydrogen (secondary N) is 1. The zero-order valence-corrected chi connectivity index (χ0v) is 10.5. The molecule has 0 fully saturated rings. The van der Waals surface area contributed by atoms with Gasteiger partial charge < -0.3 is 20.9 Å². The average molecular weight is 252 g/mol. The molecule has 5 nitrogen and oxygen atoms in total. The fraction of sp³-hybridized carbons (Fsp3) is 0.462. The van der Waals surface area contributed by atoms with Crippen molar-refractivity contribution in [3.63, 3.8) is 0 Å². The second-order valence-electron chi connectivity index (χ2n) is 4.08. The van der Waals surface area contributed by atoms with Gasteiger partial charge in [-0.3, -0.25) is 4.79 Å². The van der Waals surface area contributed by atoms with Crippen LogP contribution < -0.4 is 11.1 Å². The fourth-order valence-corrected chi connectivity index (χ4v) is 1.57. The van der Waals surface area contributed by atoms with Gasteiger partial charge in [-0.2, -0.15) is 0 Å². The molecule has 0 saturated heterocycles. The van der Waals surface area contributed by atoms with E-state index in [1.165, 1.54) is 0 Å². The lowest BCUT2D eigenvalue weighted by Gasteiger charge is -2.18. The van der Waals surface area contributed by atoms with Crippen LogP contribution in [-0.2, 0) is 16.0 Å². The number of amides is 1. The molecule has 1 amide bonds. The summed E-state index contributed by atoms with van der Waals surface area (Å²) in [5.41, 5.74) is 6.81. The number of carbonyl (C=O) groups excluding carboxylic acids is 1. The van der Waals surface area contributed by atoms with Crippen LogP contribution >= 0.6 is 0 Å². The van der Waals surface area contributed by atoms with Gasteiger partial charge in [0.05, 0.1) is 6.61 Å². The third-order valence-electron chi connectivity index (χ3n) is 2.59. The van der Waals surface area contributed by atoms with Crippen molar-refractivity contribution in [2.75, 3.05) is 20.3 Å². The molecule has 0 spiro atoms. The Hall–Kier alpha value is -1.43. The smallest absolute Gasteiger partial charge is 0.250 e. The second kappa shape index (κ2) is 7.81. The van der Waals surface area contributed by atoms with Crippen molar-refractivity contribution in [1.29, 1.82) is 0 Å². The molecule has 0 saturated carbocycles. The van der Waals surface area contributed by atoms with Crippen molar-refractivity contribution in [2.45, 2.75) is 18.6 Å². The molecule has 0 heterocycles. The van der Waals surface area contributed by atoms with Gasteiger partial charge in [-0.15, -0.1) is 0 Å². The molecule has 0 aromatic heterocycles. The summed E-state index contributed by atoms with van der Waals surface area (Å²) in [6.07, 6.45) is -0.748. The van der Waals surface area contributed by atoms with Crippen LogP contribution in [0.2, 0.25) is 0 Å². The van der Waals surface area contributed by atoms with E-state index >= 15 is 0 Å². The molecule has 0 aliphatic carbocycles. The third kappa shape index (κ3) is 4.83. The van der Waals surface area contributed by atoms with Crippen LogP contribution in [0, 0.1) is 0 Å². The number of ether oxygens (including phenoxy) is 1. The van der Waals surface area contributed by atoms with E-state index in [1.54, 1.807) is 7.11 Å². The Balaban J connectivity index is 2.40. The summed E-state index contributed by atoms with van der Waals surface area (Å²) in [5.74, 6) is -0.463. The largest absolute Gasteiger partial charge is 0.383 e. The minimum absolute atomic E-state index is 0.366. The van der Waals surface area contributed by atoms with Crippen LogP contribution in [0.5, 0.6) is 0 Å². The first-order chi connectivity index (χ1) is 8.65. The maximum atomic E-state index is 11.6. The van der Waals surface area contributed by atoms with Gasteiger partial charge in [0.25, 0.3) is 5.91 Å². The van der Waals surface area contributed by atoms with Gasteiger partial charge in [0.2, 0.25) is 0 Å². The average Bonchev–Trinajstić information content (AvgIpc) is 2.39. The Morgan fingerprint density at radius 2 is 2.11 bits per heavy atom. The number of aliphatic hydroxyl groups excluding tert-OH is 1. The van der Waals surface area contributed by atoms with Crippen LogP contribution in [0.25, 0.3) is 0 Å². The molecule has 2 atom stereocenters. The van der Waals surface area contributed by atoms with E-state index in [2.05, 4.69) is 5.32 Å². The predicted molar refractivity (Wildman–Crippen MR) is 69.0 cm³/mol. The quantitative estimate of drug-likeness (QED) is 0.581. The van der Waals surface area contributed by atoms with Crippen LogP contribution in [0.1, 0.15) is 5.56 Å². The highest BCUT2D eigenvalue weighted by atomic mass is 16.5. The monoisotopic (exact) mass is 252 g/mol. The number of hydrogen-bond acceptors (Lipinski definition) is 4. The molecule has 18 heavy (non-hydrogen) atoms. The highest BCUT2D eigenvalue weighted by molar-refractivity contribution is 5.81. The molecule has 0 bridgehead atoms. The van der Waals surface area contributed by atoms with Gasteiger partial charge in [-0.25, -0.2) is 0 Å². The van der Waals surface area contributed by atoms with Crippen LogP contribution in [0.4, 0.5) is 0 Å². The third-order valence-corrected chi connectivity index (χ3v) is 2.59. The Morgan fingerprint density at radius 3 is 2.72 bits per heavy atom. The van der Waals surface area contributed by atoms with Gasteiger partial charge in [0, 0.05) is 19.7 Å². The lowest BCUT2D eigenvalue weighted by Crippen LogP contribution is -2.48. The molecule has 100 valence electrons. The van der Waals surface area contributed by atoms with Gasteiger partial charge in [0.15, 0.2) is 0 Å². The number of methoxy groups -OCH3 is 1. The SMILES string of the molecule is COCCNC(=O)C(O)[C@@H](N)Cc1ccccc1. The topological polar surface area (TPSA) is 84.6 Å². The van der Waals surface area contributed by atoms with Gasteiger partial charge in [0.1, 0.15) is 6.10 Å². The molecule has 0 aliphatic rings. The van der Waals surface area contributed by atoms with E-state index in [1.807, 2.05) is 30.3 Å². The second-order valence-corrected chi connectivity index (χ2v) is 4.08. The summed E-state index contributed by atoms with van der Waals surface area (Å²) in [7, 11) is 1.55. The van der Waals surface area contributed by atoms with Crippen molar-refractivity contribution < 1.29 is 14.6 Å². The predicted octanol–water partition coefficient (Wildman–Crippen LogP) is -0.320. The number of aliphatic hydroxyl groups is 1. The summed E-state index contributed by atoms with van der Waals surface area (Å²) < 4.78 is 4.80. The lowest BCUT2D eigenvalue weighted by molar-refractivity contribution is -0.130. The molecule has 5 heteroatoms. The Bertz CT molecular complexity index is 357. The molecule has 1 rings (SSSR count). The summed E-state index contributed by atoms with van der Waals surface area (Å²) in [6.45, 7) is 0.775. The minimum atomic E-state index is -1.21. The molecule has 1 unspecified atom stereocenters. The van der Waals surface area contributed by atoms with E-state index in [4.69, 9.17) is 10.5 Å². The van der Waals surface area contributed by atoms with E-state index in [0.29, 0.717) is 19.6 Å². The van der Waals surface area contributed by atoms with Crippen molar-refractivity contribution in [3.8, 4) is 0 Å². The van der Waals surface area contributed by atoms with E-state index in [9.17, 15) is 9.90 Å². The number of rotatable bonds is 7. The summed E-state index contributed by atoms with van der Waals surface area (Å²) >= 11 is 0. The minimum Gasteiger partial charge on any atom is -0.383 e. The fourth-order valence-electron chi connectivity index (χ4n) is 1.57. The number of benzene rings is 1. The van der Waals surface area contributed by atoms with Crippen molar-refractivity contribution in [2.24, 2.45) is 5.73 Å². The Labute approximate surface area is 107 Å². The number of carbonyl (C=O) groups is 1. The molecular formula is C13H20N2O3. The summed E-state index contributed by atoms with van der Waals surface area (Å²) in [4.78, 5) is 11.6. The highest BCUT2D eigenvalue weighted by Gasteiger charge is 2.22. The molecule has 0 aliphatic heterocycles. The maximum Gasteiger partial charge on any atom is 0.250 e. The molecular weight excluding hydrogens is 232 g/mol. The number of hydrogen-bond donors (Lipinski definition) is 3. The normalized spacial score (nSPS) is 13.9. The summed E-state index contributed by atoms with van der Waals surface area (Å²) in [5, 5.41) is 12.3. The summed E-state index contributed by atoms with van der Waals surface area (Å²) in [6, 6.07) is 8.91. The van der Waals surface area contributed by atoms with E-state index < -0.39 is 18.1 Å². The van der Waals surface area contributed by atoms with E-state index in [-0.39, 0.29) is 0 Å². The van der Waals surface area contributed by atoms with E-state index in [0.717, 1.165) is 5.56 Å². The van der Waals surface area contributed by atoms with Crippen molar-refractivity contribution >= 4 is 5.91 Å². The molecule has 1 aromatic carbocycles. The molecule has 4 N–H and O–H groups in total. The first-order valence-corrected chi connectivity index (χ1v) is 5.89. The first-order valence-electron chi connectivity index (χ1n) is 5.89. The molecule has 1 aromatic rings. The van der Waals surface area contributed by atoms with Crippen molar-refractivity contribution in [1.82, 2.24) is 5.32 Å². The Kier molecular flexibility index (Phi) is 6.35. The van der Waals surface area contributed by atoms with Gasteiger partial charge >= 0.3 is 0 Å². The first kappa shape index (κ1) is 14.6. The standard InChI is InChI=1S/C13H20N2O3/c1-18-8-7-15-13(17)12(16)11(14)9-10-5-3-2-4-6-10/h2-6,11-12,16H,7-9,14H2,1H3,(H,15,17)/t11-,12?/m0/s1. The van der Waals surface area contributed by atoms with Gasteiger partial charge in [-0.1, -0.05) is 30.3 Å². The number of nitrogens with two attached hydrogens (primary N) is 1. The van der Waals surface area contributed by atoms with Crippen LogP contribution in [-0.4, -0.2) is 43.4 Å². The zero-order valence-electron chi connectivity index (χ0n) is 10.5. The maximum absolute atomic E-state index is 11.6. The van der Waals surface area contributed by atoms with Crippen LogP contribution in [0.3, 0.4) is 0 Å². The van der Waals surface area contributed by atoms with Gasteiger partial charge in [-0.05, 0) is 12.0 Å². The lowest BCUT2D eigenvalue weighted by atomic mass is 10.0. The Morgan fingerprint density at radius 1 is 1.44 bits per heavy atom. The van der Waals surface area contributed by atoms with Crippen molar-refractivity contribution in [3.05, 3.63) is 35.9 Å². The zero-order chi connectivity index (χ0) is 13.4.